The number of furan rings is 1. The number of methoxy groups -OCH3 is 1. The number of fused-ring (bicyclic) bond motifs is 1. The number of ether oxygens (including phenoxy) is 1. The molecule has 1 aromatic heterocycles. The Hall–Kier alpha value is -2.01. The third kappa shape index (κ3) is 3.41. The van der Waals surface area contributed by atoms with Crippen molar-refractivity contribution in [3.8, 4) is 0 Å². The molecule has 6 heteroatoms. The first kappa shape index (κ1) is 16.8. The first-order valence-electron chi connectivity index (χ1n) is 7.31. The minimum absolute atomic E-state index is 0.253. The monoisotopic (exact) mass is 363 g/mol. The molecule has 4 nitrogen and oxygen atoms in total. The number of benzene rings is 2. The molecule has 124 valence electrons. The zero-order chi connectivity index (χ0) is 17.1. The molecular weight excluding hydrogens is 349 g/mol. The molecular formula is C18H15Cl2NO3. The molecule has 0 aliphatic carbocycles. The molecule has 0 fully saturated rings. The van der Waals surface area contributed by atoms with Crippen LogP contribution in [0.5, 0.6) is 0 Å². The van der Waals surface area contributed by atoms with Crippen LogP contribution in [0.2, 0.25) is 10.0 Å². The minimum Gasteiger partial charge on any atom is -0.451 e. The predicted molar refractivity (Wildman–Crippen MR) is 94.6 cm³/mol. The summed E-state index contributed by atoms with van der Waals surface area (Å²) in [5.41, 5.74) is 2.16. The van der Waals surface area contributed by atoms with Gasteiger partial charge in [0.05, 0.1) is 6.61 Å². The van der Waals surface area contributed by atoms with Crippen molar-refractivity contribution in [1.29, 1.82) is 0 Å². The Bertz CT molecular complexity index is 889. The maximum Gasteiger partial charge on any atom is 0.287 e. The summed E-state index contributed by atoms with van der Waals surface area (Å²) in [6.07, 6.45) is 0. The van der Waals surface area contributed by atoms with Gasteiger partial charge in [0.1, 0.15) is 5.58 Å². The maximum atomic E-state index is 12.5. The van der Waals surface area contributed by atoms with Crippen LogP contribution >= 0.6 is 23.2 Å². The van der Waals surface area contributed by atoms with Crippen molar-refractivity contribution in [3.05, 3.63) is 69.4 Å². The van der Waals surface area contributed by atoms with E-state index in [0.717, 1.165) is 16.5 Å². The van der Waals surface area contributed by atoms with Gasteiger partial charge in [-0.1, -0.05) is 47.5 Å². The molecule has 1 amide bonds. The summed E-state index contributed by atoms with van der Waals surface area (Å²) in [6, 6.07) is 12.6. The lowest BCUT2D eigenvalue weighted by Gasteiger charge is -2.07. The Balaban J connectivity index is 1.84. The van der Waals surface area contributed by atoms with E-state index in [4.69, 9.17) is 32.4 Å². The average Bonchev–Trinajstić information content (AvgIpc) is 2.93. The van der Waals surface area contributed by atoms with Gasteiger partial charge in [-0.25, -0.2) is 0 Å². The molecule has 0 saturated heterocycles. The van der Waals surface area contributed by atoms with Gasteiger partial charge in [-0.05, 0) is 23.8 Å². The zero-order valence-electron chi connectivity index (χ0n) is 12.9. The summed E-state index contributed by atoms with van der Waals surface area (Å²) in [5.74, 6) is -0.0626. The van der Waals surface area contributed by atoms with Crippen LogP contribution < -0.4 is 5.32 Å². The molecule has 2 aromatic carbocycles. The van der Waals surface area contributed by atoms with Crippen LogP contribution in [0.25, 0.3) is 11.0 Å². The lowest BCUT2D eigenvalue weighted by Crippen LogP contribution is -2.23. The standard InChI is InChI=1S/C18H15Cl2NO3/c1-23-10-14-13-4-2-3-5-16(13)24-17(14)18(22)21-9-11-6-7-12(19)8-15(11)20/h2-8H,9-10H2,1H3,(H,21,22). The Morgan fingerprint density at radius 2 is 2.00 bits per heavy atom. The third-order valence-electron chi connectivity index (χ3n) is 3.65. The second-order valence-corrected chi connectivity index (χ2v) is 6.10. The number of carbonyl (C=O) groups is 1. The highest BCUT2D eigenvalue weighted by molar-refractivity contribution is 6.35. The largest absolute Gasteiger partial charge is 0.451 e. The average molecular weight is 364 g/mol. The topological polar surface area (TPSA) is 51.5 Å². The Morgan fingerprint density at radius 3 is 2.75 bits per heavy atom. The van der Waals surface area contributed by atoms with Gasteiger partial charge in [0.2, 0.25) is 0 Å². The minimum atomic E-state index is -0.315. The van der Waals surface area contributed by atoms with Gasteiger partial charge in [-0.2, -0.15) is 0 Å². The Morgan fingerprint density at radius 1 is 1.21 bits per heavy atom. The highest BCUT2D eigenvalue weighted by Crippen LogP contribution is 2.27. The number of nitrogens with one attached hydrogen (secondary N) is 1. The van der Waals surface area contributed by atoms with E-state index in [1.165, 1.54) is 0 Å². The lowest BCUT2D eigenvalue weighted by molar-refractivity contribution is 0.0918. The summed E-state index contributed by atoms with van der Waals surface area (Å²) in [6.45, 7) is 0.569. The van der Waals surface area contributed by atoms with Gasteiger partial charge in [0, 0.05) is 34.6 Å². The van der Waals surface area contributed by atoms with Crippen LogP contribution in [-0.4, -0.2) is 13.0 Å². The third-order valence-corrected chi connectivity index (χ3v) is 4.23. The summed E-state index contributed by atoms with van der Waals surface area (Å²) in [4.78, 5) is 12.5. The van der Waals surface area contributed by atoms with Crippen molar-refractivity contribution in [2.24, 2.45) is 0 Å². The van der Waals surface area contributed by atoms with Gasteiger partial charge in [-0.3, -0.25) is 4.79 Å². The molecule has 0 radical (unpaired) electrons. The molecule has 0 atom stereocenters. The fraction of sp³-hybridized carbons (Fsp3) is 0.167. The normalized spacial score (nSPS) is 11.0. The number of carbonyl (C=O) groups excluding carboxylic acids is 1. The van der Waals surface area contributed by atoms with Crippen molar-refractivity contribution >= 4 is 40.1 Å². The fourth-order valence-corrected chi connectivity index (χ4v) is 2.97. The van der Waals surface area contributed by atoms with E-state index >= 15 is 0 Å². The summed E-state index contributed by atoms with van der Waals surface area (Å²) in [5, 5.41) is 4.74. The molecule has 0 unspecified atom stereocenters. The quantitative estimate of drug-likeness (QED) is 0.707. The number of rotatable bonds is 5. The number of halogens is 2. The van der Waals surface area contributed by atoms with Crippen LogP contribution in [0.1, 0.15) is 21.7 Å². The van der Waals surface area contributed by atoms with E-state index in [-0.39, 0.29) is 18.2 Å². The van der Waals surface area contributed by atoms with Gasteiger partial charge >= 0.3 is 0 Å². The predicted octanol–water partition coefficient (Wildman–Crippen LogP) is 4.82. The van der Waals surface area contributed by atoms with Gasteiger partial charge in [-0.15, -0.1) is 0 Å². The van der Waals surface area contributed by atoms with Crippen molar-refractivity contribution < 1.29 is 13.9 Å². The van der Waals surface area contributed by atoms with Gasteiger partial charge in [0.15, 0.2) is 5.76 Å². The van der Waals surface area contributed by atoms with E-state index in [0.29, 0.717) is 22.2 Å². The van der Waals surface area contributed by atoms with Gasteiger partial charge in [0.25, 0.3) is 5.91 Å². The van der Waals surface area contributed by atoms with Crippen LogP contribution in [0.15, 0.2) is 46.9 Å². The SMILES string of the molecule is COCc1c(C(=O)NCc2ccc(Cl)cc2Cl)oc2ccccc12. The second-order valence-electron chi connectivity index (χ2n) is 5.26. The Kier molecular flexibility index (Phi) is 5.09. The summed E-state index contributed by atoms with van der Waals surface area (Å²) < 4.78 is 10.9. The smallest absolute Gasteiger partial charge is 0.287 e. The highest BCUT2D eigenvalue weighted by atomic mass is 35.5. The molecule has 0 bridgehead atoms. The molecule has 3 rings (SSSR count). The van der Waals surface area contributed by atoms with Crippen molar-refractivity contribution in [2.75, 3.05) is 7.11 Å². The highest BCUT2D eigenvalue weighted by Gasteiger charge is 2.20. The summed E-state index contributed by atoms with van der Waals surface area (Å²) in [7, 11) is 1.58. The van der Waals surface area contributed by atoms with Gasteiger partial charge < -0.3 is 14.5 Å². The summed E-state index contributed by atoms with van der Waals surface area (Å²) >= 11 is 12.0. The second kappa shape index (κ2) is 7.26. The number of amides is 1. The number of hydrogen-bond donors (Lipinski definition) is 1. The molecule has 3 aromatic rings. The number of para-hydroxylation sites is 1. The first-order valence-corrected chi connectivity index (χ1v) is 8.07. The van der Waals surface area contributed by atoms with E-state index in [1.54, 1.807) is 25.3 Å². The first-order chi connectivity index (χ1) is 11.6. The van der Waals surface area contributed by atoms with Crippen molar-refractivity contribution in [3.63, 3.8) is 0 Å². The van der Waals surface area contributed by atoms with Crippen LogP contribution in [0.3, 0.4) is 0 Å². The molecule has 0 aliphatic heterocycles. The zero-order valence-corrected chi connectivity index (χ0v) is 14.4. The van der Waals surface area contributed by atoms with Crippen LogP contribution in [0.4, 0.5) is 0 Å². The number of hydrogen-bond acceptors (Lipinski definition) is 3. The fourth-order valence-electron chi connectivity index (χ4n) is 2.49. The molecule has 0 spiro atoms. The lowest BCUT2D eigenvalue weighted by atomic mass is 10.1. The van der Waals surface area contributed by atoms with E-state index in [1.807, 2.05) is 24.3 Å². The van der Waals surface area contributed by atoms with Crippen LogP contribution in [0, 0.1) is 0 Å². The van der Waals surface area contributed by atoms with Crippen LogP contribution in [-0.2, 0) is 17.9 Å². The van der Waals surface area contributed by atoms with E-state index in [9.17, 15) is 4.79 Å². The molecule has 1 heterocycles. The van der Waals surface area contributed by atoms with E-state index in [2.05, 4.69) is 5.32 Å². The van der Waals surface area contributed by atoms with Crippen molar-refractivity contribution in [1.82, 2.24) is 5.32 Å². The molecule has 24 heavy (non-hydrogen) atoms. The van der Waals surface area contributed by atoms with E-state index < -0.39 is 0 Å². The van der Waals surface area contributed by atoms with Crippen molar-refractivity contribution in [2.45, 2.75) is 13.2 Å². The Labute approximate surface area is 149 Å². The molecule has 0 aliphatic rings. The molecule has 0 saturated carbocycles. The molecule has 1 N–H and O–H groups in total. The maximum absolute atomic E-state index is 12.5.